The van der Waals surface area contributed by atoms with E-state index in [1.54, 1.807) is 16.8 Å². The number of halogens is 1. The van der Waals surface area contributed by atoms with E-state index in [1.807, 2.05) is 26.4 Å². The third-order valence-electron chi connectivity index (χ3n) is 3.14. The molecule has 0 saturated heterocycles. The molecule has 1 aromatic heterocycles. The summed E-state index contributed by atoms with van der Waals surface area (Å²) in [6.45, 7) is 4.11. The molecule has 0 radical (unpaired) electrons. The van der Waals surface area contributed by atoms with Gasteiger partial charge in [0.25, 0.3) is 0 Å². The molecule has 2 N–H and O–H groups in total. The van der Waals surface area contributed by atoms with Crippen molar-refractivity contribution in [1.29, 1.82) is 0 Å². The largest absolute Gasteiger partial charge is 0.357 e. The van der Waals surface area contributed by atoms with Gasteiger partial charge in [-0.05, 0) is 36.6 Å². The maximum absolute atomic E-state index is 12.9. The Morgan fingerprint density at radius 2 is 2.00 bits per heavy atom. The summed E-state index contributed by atoms with van der Waals surface area (Å²) in [5.74, 6) is 0.532. The van der Waals surface area contributed by atoms with Crippen LogP contribution in [0.25, 0.3) is 0 Å². The third kappa shape index (κ3) is 5.20. The standard InChI is InChI=1S/C16H22FN5/c1-3-18-16(19-9-8-14-11-21-22(2)12-14)20-10-13-4-6-15(17)7-5-13/h4-7,11-12H,3,8-10H2,1-2H3,(H2,18,19,20). The van der Waals surface area contributed by atoms with Gasteiger partial charge in [-0.3, -0.25) is 4.68 Å². The topological polar surface area (TPSA) is 54.2 Å². The number of benzene rings is 1. The molecular weight excluding hydrogens is 281 g/mol. The first-order valence-electron chi connectivity index (χ1n) is 7.41. The number of nitrogens with one attached hydrogen (secondary N) is 2. The molecule has 6 heteroatoms. The van der Waals surface area contributed by atoms with Crippen molar-refractivity contribution in [1.82, 2.24) is 20.4 Å². The van der Waals surface area contributed by atoms with E-state index in [1.165, 1.54) is 17.7 Å². The van der Waals surface area contributed by atoms with Crippen LogP contribution in [0.15, 0.2) is 41.7 Å². The van der Waals surface area contributed by atoms with Gasteiger partial charge in [0, 0.05) is 26.3 Å². The first-order chi connectivity index (χ1) is 10.7. The van der Waals surface area contributed by atoms with Crippen LogP contribution in [0.3, 0.4) is 0 Å². The van der Waals surface area contributed by atoms with Gasteiger partial charge < -0.3 is 10.6 Å². The van der Waals surface area contributed by atoms with Crippen molar-refractivity contribution < 1.29 is 4.39 Å². The zero-order valence-corrected chi connectivity index (χ0v) is 13.0. The lowest BCUT2D eigenvalue weighted by atomic mass is 10.2. The molecule has 5 nitrogen and oxygen atoms in total. The average molecular weight is 303 g/mol. The highest BCUT2D eigenvalue weighted by atomic mass is 19.1. The van der Waals surface area contributed by atoms with Gasteiger partial charge in [0.15, 0.2) is 5.96 Å². The highest BCUT2D eigenvalue weighted by Gasteiger charge is 2.00. The molecule has 1 heterocycles. The Labute approximate surface area is 130 Å². The lowest BCUT2D eigenvalue weighted by Crippen LogP contribution is -2.38. The van der Waals surface area contributed by atoms with E-state index in [2.05, 4.69) is 20.7 Å². The first kappa shape index (κ1) is 16.0. The van der Waals surface area contributed by atoms with Gasteiger partial charge in [-0.1, -0.05) is 12.1 Å². The molecule has 0 aliphatic heterocycles. The quantitative estimate of drug-likeness (QED) is 0.632. The van der Waals surface area contributed by atoms with E-state index in [9.17, 15) is 4.39 Å². The van der Waals surface area contributed by atoms with E-state index in [4.69, 9.17) is 0 Å². The van der Waals surface area contributed by atoms with Gasteiger partial charge in [-0.2, -0.15) is 5.10 Å². The van der Waals surface area contributed by atoms with E-state index in [-0.39, 0.29) is 5.82 Å². The summed E-state index contributed by atoms with van der Waals surface area (Å²) in [5, 5.41) is 10.6. The predicted octanol–water partition coefficient (Wildman–Crippen LogP) is 1.86. The minimum atomic E-state index is -0.228. The van der Waals surface area contributed by atoms with Crippen LogP contribution in [-0.4, -0.2) is 28.8 Å². The molecule has 0 bridgehead atoms. The molecule has 2 aromatic rings. The number of guanidine groups is 1. The number of aliphatic imine (C=N–C) groups is 1. The molecule has 118 valence electrons. The van der Waals surface area contributed by atoms with Crippen molar-refractivity contribution in [3.8, 4) is 0 Å². The number of nitrogens with zero attached hydrogens (tertiary/aromatic N) is 3. The fourth-order valence-corrected chi connectivity index (χ4v) is 2.03. The number of aryl methyl sites for hydroxylation is 1. The number of hydrogen-bond acceptors (Lipinski definition) is 2. The predicted molar refractivity (Wildman–Crippen MR) is 86.1 cm³/mol. The van der Waals surface area contributed by atoms with E-state index in [0.717, 1.165) is 31.0 Å². The molecule has 0 aliphatic carbocycles. The van der Waals surface area contributed by atoms with Gasteiger partial charge in [0.05, 0.1) is 12.7 Å². The summed E-state index contributed by atoms with van der Waals surface area (Å²) in [5.41, 5.74) is 2.16. The molecule has 0 amide bonds. The van der Waals surface area contributed by atoms with Gasteiger partial charge in [-0.15, -0.1) is 0 Å². The van der Waals surface area contributed by atoms with Crippen molar-refractivity contribution in [3.05, 3.63) is 53.6 Å². The summed E-state index contributed by atoms with van der Waals surface area (Å²) in [6.07, 6.45) is 4.75. The Hall–Kier alpha value is -2.37. The number of rotatable bonds is 6. The van der Waals surface area contributed by atoms with Gasteiger partial charge in [0.2, 0.25) is 0 Å². The van der Waals surface area contributed by atoms with Crippen LogP contribution in [-0.2, 0) is 20.0 Å². The van der Waals surface area contributed by atoms with Crippen LogP contribution < -0.4 is 10.6 Å². The van der Waals surface area contributed by atoms with Crippen LogP contribution >= 0.6 is 0 Å². The molecule has 0 spiro atoms. The van der Waals surface area contributed by atoms with Crippen LogP contribution in [0.1, 0.15) is 18.1 Å². The maximum Gasteiger partial charge on any atom is 0.191 e. The molecule has 0 unspecified atom stereocenters. The molecule has 22 heavy (non-hydrogen) atoms. The van der Waals surface area contributed by atoms with Gasteiger partial charge in [-0.25, -0.2) is 9.38 Å². The van der Waals surface area contributed by atoms with Gasteiger partial charge in [0.1, 0.15) is 5.82 Å². The Bertz CT molecular complexity index is 603. The minimum absolute atomic E-state index is 0.228. The lowest BCUT2D eigenvalue weighted by molar-refractivity contribution is 0.627. The maximum atomic E-state index is 12.9. The van der Waals surface area contributed by atoms with Crippen LogP contribution in [0.2, 0.25) is 0 Å². The van der Waals surface area contributed by atoms with E-state index < -0.39 is 0 Å². The Kier molecular flexibility index (Phi) is 5.94. The second-order valence-corrected chi connectivity index (χ2v) is 5.02. The zero-order chi connectivity index (χ0) is 15.8. The third-order valence-corrected chi connectivity index (χ3v) is 3.14. The lowest BCUT2D eigenvalue weighted by Gasteiger charge is -2.10. The summed E-state index contributed by atoms with van der Waals surface area (Å²) in [4.78, 5) is 4.50. The Morgan fingerprint density at radius 1 is 1.23 bits per heavy atom. The first-order valence-corrected chi connectivity index (χ1v) is 7.41. The highest BCUT2D eigenvalue weighted by Crippen LogP contribution is 2.03. The SMILES string of the molecule is CCNC(=NCc1ccc(F)cc1)NCCc1cnn(C)c1. The second-order valence-electron chi connectivity index (χ2n) is 5.02. The normalized spacial score (nSPS) is 11.5. The molecule has 0 atom stereocenters. The molecule has 2 rings (SSSR count). The molecular formula is C16H22FN5. The fourth-order valence-electron chi connectivity index (χ4n) is 2.03. The zero-order valence-electron chi connectivity index (χ0n) is 13.0. The van der Waals surface area contributed by atoms with Crippen molar-refractivity contribution in [3.63, 3.8) is 0 Å². The van der Waals surface area contributed by atoms with Crippen molar-refractivity contribution in [2.24, 2.45) is 12.0 Å². The van der Waals surface area contributed by atoms with Crippen LogP contribution in [0.5, 0.6) is 0 Å². The van der Waals surface area contributed by atoms with Crippen LogP contribution in [0.4, 0.5) is 4.39 Å². The number of aromatic nitrogens is 2. The molecule has 0 saturated carbocycles. The van der Waals surface area contributed by atoms with Crippen LogP contribution in [0, 0.1) is 5.82 Å². The fraction of sp³-hybridized carbons (Fsp3) is 0.375. The Morgan fingerprint density at radius 3 is 2.64 bits per heavy atom. The monoisotopic (exact) mass is 303 g/mol. The summed E-state index contributed by atoms with van der Waals surface area (Å²) in [6, 6.07) is 6.40. The second kappa shape index (κ2) is 8.17. The summed E-state index contributed by atoms with van der Waals surface area (Å²) < 4.78 is 14.7. The molecule has 0 aliphatic rings. The van der Waals surface area contributed by atoms with Crippen molar-refractivity contribution >= 4 is 5.96 Å². The molecule has 0 fully saturated rings. The number of hydrogen-bond donors (Lipinski definition) is 2. The minimum Gasteiger partial charge on any atom is -0.357 e. The average Bonchev–Trinajstić information content (AvgIpc) is 2.92. The summed E-state index contributed by atoms with van der Waals surface area (Å²) in [7, 11) is 1.91. The van der Waals surface area contributed by atoms with Crippen molar-refractivity contribution in [2.75, 3.05) is 13.1 Å². The van der Waals surface area contributed by atoms with E-state index in [0.29, 0.717) is 6.54 Å². The molecule has 1 aromatic carbocycles. The summed E-state index contributed by atoms with van der Waals surface area (Å²) >= 11 is 0. The van der Waals surface area contributed by atoms with Gasteiger partial charge >= 0.3 is 0 Å². The van der Waals surface area contributed by atoms with Crippen molar-refractivity contribution in [2.45, 2.75) is 19.9 Å². The Balaban J connectivity index is 1.85. The van der Waals surface area contributed by atoms with E-state index >= 15 is 0 Å². The highest BCUT2D eigenvalue weighted by molar-refractivity contribution is 5.79. The smallest absolute Gasteiger partial charge is 0.191 e.